The van der Waals surface area contributed by atoms with Gasteiger partial charge in [-0.2, -0.15) is 0 Å². The zero-order chi connectivity index (χ0) is 17.8. The van der Waals surface area contributed by atoms with E-state index in [1.54, 1.807) is 25.3 Å². The molecule has 6 nitrogen and oxygen atoms in total. The maximum absolute atomic E-state index is 12.3. The number of H-pyrrole nitrogens is 1. The standard InChI is InChI=1S/C19H19N3O3/c1-12-7-9-14(10-8-12)25-13(2)18(23)21-22-19(24)16-11-20-17-6-4-3-5-15(16)17/h3-11,13,20H,1-2H3,(H,21,23)(H,22,24). The Morgan fingerprint density at radius 1 is 1.04 bits per heavy atom. The van der Waals surface area contributed by atoms with Crippen LogP contribution in [0.15, 0.2) is 54.7 Å². The monoisotopic (exact) mass is 337 g/mol. The van der Waals surface area contributed by atoms with Gasteiger partial charge in [0.25, 0.3) is 11.8 Å². The van der Waals surface area contributed by atoms with Crippen LogP contribution in [-0.4, -0.2) is 22.9 Å². The molecule has 0 radical (unpaired) electrons. The molecule has 2 aromatic carbocycles. The van der Waals surface area contributed by atoms with E-state index in [0.717, 1.165) is 16.5 Å². The number of para-hydroxylation sites is 1. The van der Waals surface area contributed by atoms with Crippen molar-refractivity contribution in [2.75, 3.05) is 0 Å². The largest absolute Gasteiger partial charge is 0.481 e. The minimum atomic E-state index is -0.744. The van der Waals surface area contributed by atoms with E-state index in [0.29, 0.717) is 11.3 Å². The van der Waals surface area contributed by atoms with Gasteiger partial charge in [-0.25, -0.2) is 0 Å². The lowest BCUT2D eigenvalue weighted by Gasteiger charge is -2.15. The molecule has 3 aromatic rings. The predicted molar refractivity (Wildman–Crippen MR) is 95.2 cm³/mol. The summed E-state index contributed by atoms with van der Waals surface area (Å²) in [7, 11) is 0. The Morgan fingerprint density at radius 3 is 2.52 bits per heavy atom. The van der Waals surface area contributed by atoms with E-state index in [1.807, 2.05) is 43.3 Å². The summed E-state index contributed by atoms with van der Waals surface area (Å²) in [5, 5.41) is 0.790. The van der Waals surface area contributed by atoms with Gasteiger partial charge in [-0.05, 0) is 32.0 Å². The van der Waals surface area contributed by atoms with Crippen molar-refractivity contribution in [2.45, 2.75) is 20.0 Å². The number of aromatic amines is 1. The Labute approximate surface area is 145 Å². The van der Waals surface area contributed by atoms with E-state index in [4.69, 9.17) is 4.74 Å². The fourth-order valence-corrected chi connectivity index (χ4v) is 2.42. The van der Waals surface area contributed by atoms with Gasteiger partial charge in [0.2, 0.25) is 0 Å². The van der Waals surface area contributed by atoms with Crippen LogP contribution in [0.1, 0.15) is 22.8 Å². The summed E-state index contributed by atoms with van der Waals surface area (Å²) >= 11 is 0. The maximum Gasteiger partial charge on any atom is 0.279 e. The second-order valence-corrected chi connectivity index (χ2v) is 5.76. The van der Waals surface area contributed by atoms with Crippen molar-refractivity contribution in [3.8, 4) is 5.75 Å². The molecule has 0 aliphatic heterocycles. The highest BCUT2D eigenvalue weighted by molar-refractivity contribution is 6.07. The van der Waals surface area contributed by atoms with Crippen LogP contribution >= 0.6 is 0 Å². The molecule has 1 aromatic heterocycles. The third-order valence-electron chi connectivity index (χ3n) is 3.84. The molecule has 0 aliphatic carbocycles. The second-order valence-electron chi connectivity index (χ2n) is 5.76. The van der Waals surface area contributed by atoms with Crippen LogP contribution in [0.4, 0.5) is 0 Å². The normalized spacial score (nSPS) is 11.8. The number of hydrogen-bond donors (Lipinski definition) is 3. The van der Waals surface area contributed by atoms with E-state index >= 15 is 0 Å². The molecule has 1 atom stereocenters. The molecule has 0 fully saturated rings. The second kappa shape index (κ2) is 7.09. The first kappa shape index (κ1) is 16.6. The van der Waals surface area contributed by atoms with E-state index < -0.39 is 17.9 Å². The van der Waals surface area contributed by atoms with Crippen LogP contribution in [0, 0.1) is 6.92 Å². The molecule has 6 heteroatoms. The lowest BCUT2D eigenvalue weighted by atomic mass is 10.2. The van der Waals surface area contributed by atoms with Gasteiger partial charge in [-0.1, -0.05) is 35.9 Å². The van der Waals surface area contributed by atoms with E-state index in [9.17, 15) is 9.59 Å². The number of benzene rings is 2. The summed E-state index contributed by atoms with van der Waals surface area (Å²) in [4.78, 5) is 27.4. The number of ether oxygens (including phenoxy) is 1. The number of nitrogens with one attached hydrogen (secondary N) is 3. The Balaban J connectivity index is 1.57. The van der Waals surface area contributed by atoms with Crippen molar-refractivity contribution in [1.82, 2.24) is 15.8 Å². The van der Waals surface area contributed by atoms with Crippen molar-refractivity contribution >= 4 is 22.7 Å². The molecule has 1 heterocycles. The van der Waals surface area contributed by atoms with Crippen LogP contribution in [0.2, 0.25) is 0 Å². The number of carbonyl (C=O) groups excluding carboxylic acids is 2. The number of hydrogen-bond acceptors (Lipinski definition) is 3. The van der Waals surface area contributed by atoms with Gasteiger partial charge in [0.1, 0.15) is 5.75 Å². The average Bonchev–Trinajstić information content (AvgIpc) is 3.05. The van der Waals surface area contributed by atoms with Crippen LogP contribution in [0.5, 0.6) is 5.75 Å². The first-order chi connectivity index (χ1) is 12.0. The van der Waals surface area contributed by atoms with Crippen molar-refractivity contribution in [2.24, 2.45) is 0 Å². The highest BCUT2D eigenvalue weighted by Crippen LogP contribution is 2.17. The number of hydrazine groups is 1. The smallest absolute Gasteiger partial charge is 0.279 e. The fourth-order valence-electron chi connectivity index (χ4n) is 2.42. The Kier molecular flexibility index (Phi) is 4.70. The zero-order valence-electron chi connectivity index (χ0n) is 14.0. The molecule has 0 saturated heterocycles. The highest BCUT2D eigenvalue weighted by Gasteiger charge is 2.17. The molecule has 128 valence electrons. The van der Waals surface area contributed by atoms with Gasteiger partial charge in [0, 0.05) is 17.1 Å². The van der Waals surface area contributed by atoms with Crippen molar-refractivity contribution in [1.29, 1.82) is 0 Å². The third-order valence-corrected chi connectivity index (χ3v) is 3.84. The minimum Gasteiger partial charge on any atom is -0.481 e. The molecule has 25 heavy (non-hydrogen) atoms. The molecule has 0 bridgehead atoms. The van der Waals surface area contributed by atoms with Gasteiger partial charge in [-0.15, -0.1) is 0 Å². The SMILES string of the molecule is Cc1ccc(OC(C)C(=O)NNC(=O)c2c[nH]c3ccccc23)cc1. The molecular weight excluding hydrogens is 318 g/mol. The number of rotatable bonds is 4. The number of amides is 2. The van der Waals surface area contributed by atoms with Gasteiger partial charge >= 0.3 is 0 Å². The highest BCUT2D eigenvalue weighted by atomic mass is 16.5. The molecule has 3 N–H and O–H groups in total. The number of aryl methyl sites for hydroxylation is 1. The van der Waals surface area contributed by atoms with Crippen LogP contribution in [-0.2, 0) is 4.79 Å². The number of aromatic nitrogens is 1. The molecule has 1 unspecified atom stereocenters. The molecule has 0 aliphatic rings. The zero-order valence-corrected chi connectivity index (χ0v) is 14.0. The van der Waals surface area contributed by atoms with Gasteiger partial charge in [0.15, 0.2) is 6.10 Å². The predicted octanol–water partition coefficient (Wildman–Crippen LogP) is 2.70. The van der Waals surface area contributed by atoms with E-state index in [1.165, 1.54) is 0 Å². The lowest BCUT2D eigenvalue weighted by Crippen LogP contribution is -2.47. The van der Waals surface area contributed by atoms with Crippen LogP contribution in [0.25, 0.3) is 10.9 Å². The molecule has 3 rings (SSSR count). The van der Waals surface area contributed by atoms with Gasteiger partial charge in [-0.3, -0.25) is 20.4 Å². The van der Waals surface area contributed by atoms with Crippen molar-refractivity contribution in [3.63, 3.8) is 0 Å². The van der Waals surface area contributed by atoms with Crippen molar-refractivity contribution in [3.05, 3.63) is 65.9 Å². The molecule has 2 amide bonds. The fraction of sp³-hybridized carbons (Fsp3) is 0.158. The first-order valence-corrected chi connectivity index (χ1v) is 7.94. The summed E-state index contributed by atoms with van der Waals surface area (Å²) in [6.45, 7) is 3.59. The van der Waals surface area contributed by atoms with Crippen molar-refractivity contribution < 1.29 is 14.3 Å². The Morgan fingerprint density at radius 2 is 1.76 bits per heavy atom. The van der Waals surface area contributed by atoms with Gasteiger partial charge < -0.3 is 9.72 Å². The third kappa shape index (κ3) is 3.80. The summed E-state index contributed by atoms with van der Waals surface area (Å²) in [5.41, 5.74) is 7.23. The molecule has 0 spiro atoms. The molecular formula is C19H19N3O3. The summed E-state index contributed by atoms with van der Waals surface area (Å²) in [5.74, 6) is -0.238. The Hall–Kier alpha value is -3.28. The Bertz CT molecular complexity index is 900. The van der Waals surface area contributed by atoms with E-state index in [-0.39, 0.29) is 0 Å². The quantitative estimate of drug-likeness (QED) is 0.640. The van der Waals surface area contributed by atoms with Crippen LogP contribution < -0.4 is 15.6 Å². The topological polar surface area (TPSA) is 83.2 Å². The maximum atomic E-state index is 12.3. The van der Waals surface area contributed by atoms with Crippen LogP contribution in [0.3, 0.4) is 0 Å². The summed E-state index contributed by atoms with van der Waals surface area (Å²) in [6, 6.07) is 14.8. The summed E-state index contributed by atoms with van der Waals surface area (Å²) in [6.07, 6.45) is 0.865. The lowest BCUT2D eigenvalue weighted by molar-refractivity contribution is -0.128. The van der Waals surface area contributed by atoms with E-state index in [2.05, 4.69) is 15.8 Å². The summed E-state index contributed by atoms with van der Waals surface area (Å²) < 4.78 is 5.55. The first-order valence-electron chi connectivity index (χ1n) is 7.94. The molecule has 0 saturated carbocycles. The number of fused-ring (bicyclic) bond motifs is 1. The minimum absolute atomic E-state index is 0.395. The average molecular weight is 337 g/mol. The van der Waals surface area contributed by atoms with Gasteiger partial charge in [0.05, 0.1) is 5.56 Å². The number of carbonyl (C=O) groups is 2.